The molecule has 2 N–H and O–H groups in total. The highest BCUT2D eigenvalue weighted by molar-refractivity contribution is 5.97. The molecule has 10 heavy (non-hydrogen) atoms. The number of carbonyl (C=O) groups is 1. The summed E-state index contributed by atoms with van der Waals surface area (Å²) < 4.78 is 4.66. The van der Waals surface area contributed by atoms with E-state index in [1.54, 1.807) is 6.92 Å². The van der Waals surface area contributed by atoms with E-state index >= 15 is 0 Å². The second-order valence-corrected chi connectivity index (χ2v) is 2.06. The van der Waals surface area contributed by atoms with Gasteiger partial charge in [-0.15, -0.1) is 0 Å². The Balaban J connectivity index is 3.17. The molecule has 0 fully saturated rings. The molecule has 4 heteroatoms. The highest BCUT2D eigenvalue weighted by atomic mass is 16.5. The van der Waals surface area contributed by atoms with E-state index in [9.17, 15) is 4.79 Å². The molecule has 1 aromatic heterocycles. The van der Waals surface area contributed by atoms with Gasteiger partial charge in [-0.25, -0.2) is 0 Å². The summed E-state index contributed by atoms with van der Waals surface area (Å²) >= 11 is 0. The van der Waals surface area contributed by atoms with Crippen LogP contribution < -0.4 is 5.73 Å². The molecular formula is C6H8N2O2. The molecule has 0 saturated carbocycles. The normalized spacial score (nSPS) is 9.80. The Kier molecular flexibility index (Phi) is 1.45. The molecule has 0 unspecified atom stereocenters. The highest BCUT2D eigenvalue weighted by Gasteiger charge is 2.12. The van der Waals surface area contributed by atoms with Crippen molar-refractivity contribution in [1.82, 2.24) is 5.16 Å². The van der Waals surface area contributed by atoms with Crippen LogP contribution in [0.4, 0.5) is 5.69 Å². The van der Waals surface area contributed by atoms with Gasteiger partial charge in [0.15, 0.2) is 17.2 Å². The zero-order valence-corrected chi connectivity index (χ0v) is 5.84. The maximum Gasteiger partial charge on any atom is 0.183 e. The van der Waals surface area contributed by atoms with E-state index in [4.69, 9.17) is 5.73 Å². The maximum atomic E-state index is 10.7. The fourth-order valence-electron chi connectivity index (χ4n) is 0.633. The van der Waals surface area contributed by atoms with Crippen LogP contribution in [0.5, 0.6) is 0 Å². The zero-order chi connectivity index (χ0) is 7.72. The van der Waals surface area contributed by atoms with Gasteiger partial charge in [0.2, 0.25) is 0 Å². The lowest BCUT2D eigenvalue weighted by molar-refractivity contribution is 0.101. The van der Waals surface area contributed by atoms with Crippen molar-refractivity contribution in [1.29, 1.82) is 0 Å². The number of nitrogens with two attached hydrogens (primary N) is 1. The monoisotopic (exact) mass is 140 g/mol. The van der Waals surface area contributed by atoms with E-state index in [0.717, 1.165) is 0 Å². The van der Waals surface area contributed by atoms with Crippen LogP contribution in [0.1, 0.15) is 23.2 Å². The van der Waals surface area contributed by atoms with Gasteiger partial charge in [0.1, 0.15) is 5.69 Å². The fourth-order valence-corrected chi connectivity index (χ4v) is 0.633. The van der Waals surface area contributed by atoms with Crippen molar-refractivity contribution in [3.05, 3.63) is 11.5 Å². The molecule has 0 aliphatic rings. The molecule has 54 valence electrons. The van der Waals surface area contributed by atoms with Crippen LogP contribution in [0.15, 0.2) is 4.52 Å². The lowest BCUT2D eigenvalue weighted by Crippen LogP contribution is -1.97. The predicted molar refractivity (Wildman–Crippen MR) is 35.7 cm³/mol. The number of nitrogen functional groups attached to an aromatic ring is 1. The summed E-state index contributed by atoms with van der Waals surface area (Å²) in [6.07, 6.45) is 0. The molecule has 1 aromatic rings. The van der Waals surface area contributed by atoms with Crippen LogP contribution in [0.3, 0.4) is 0 Å². The number of aryl methyl sites for hydroxylation is 1. The van der Waals surface area contributed by atoms with Crippen LogP contribution >= 0.6 is 0 Å². The third-order valence-corrected chi connectivity index (χ3v) is 1.24. The number of anilines is 1. The van der Waals surface area contributed by atoms with E-state index in [1.165, 1.54) is 6.92 Å². The molecule has 0 aliphatic carbocycles. The van der Waals surface area contributed by atoms with Crippen LogP contribution in [0, 0.1) is 6.92 Å². The summed E-state index contributed by atoms with van der Waals surface area (Å²) in [5.74, 6) is 0.319. The molecule has 0 aromatic carbocycles. The van der Waals surface area contributed by atoms with Gasteiger partial charge >= 0.3 is 0 Å². The Bertz CT molecular complexity index is 265. The first kappa shape index (κ1) is 6.80. The maximum absolute atomic E-state index is 10.7. The number of rotatable bonds is 1. The Morgan fingerprint density at radius 3 is 2.50 bits per heavy atom. The van der Waals surface area contributed by atoms with E-state index in [0.29, 0.717) is 11.4 Å². The molecule has 1 rings (SSSR count). The molecule has 0 atom stereocenters. The van der Waals surface area contributed by atoms with Crippen LogP contribution in [0.25, 0.3) is 0 Å². The Morgan fingerprint density at radius 2 is 2.30 bits per heavy atom. The third kappa shape index (κ3) is 0.877. The van der Waals surface area contributed by atoms with Gasteiger partial charge in [-0.1, -0.05) is 5.16 Å². The molecule has 0 saturated heterocycles. The highest BCUT2D eigenvalue weighted by Crippen LogP contribution is 2.14. The molecule has 0 amide bonds. The van der Waals surface area contributed by atoms with E-state index in [-0.39, 0.29) is 11.5 Å². The van der Waals surface area contributed by atoms with Crippen LogP contribution in [-0.4, -0.2) is 10.9 Å². The number of aromatic nitrogens is 1. The standard InChI is InChI=1S/C6H8N2O2/c1-3(9)6-5(7)4(2)10-8-6/h7H2,1-2H3. The summed E-state index contributed by atoms with van der Waals surface area (Å²) in [5.41, 5.74) is 5.99. The van der Waals surface area contributed by atoms with Crippen molar-refractivity contribution < 1.29 is 9.32 Å². The lowest BCUT2D eigenvalue weighted by atomic mass is 10.2. The molecule has 0 bridgehead atoms. The SMILES string of the molecule is CC(=O)c1noc(C)c1N. The van der Waals surface area contributed by atoms with Crippen molar-refractivity contribution in [2.75, 3.05) is 5.73 Å². The van der Waals surface area contributed by atoms with E-state index in [1.807, 2.05) is 0 Å². The molecule has 0 radical (unpaired) electrons. The van der Waals surface area contributed by atoms with Gasteiger partial charge in [0, 0.05) is 6.92 Å². The Morgan fingerprint density at radius 1 is 1.70 bits per heavy atom. The number of nitrogens with zero attached hydrogens (tertiary/aromatic N) is 1. The van der Waals surface area contributed by atoms with Gasteiger partial charge in [-0.2, -0.15) is 0 Å². The summed E-state index contributed by atoms with van der Waals surface area (Å²) in [7, 11) is 0. The number of carbonyl (C=O) groups excluding carboxylic acids is 1. The Hall–Kier alpha value is -1.32. The largest absolute Gasteiger partial charge is 0.394 e. The first-order chi connectivity index (χ1) is 4.63. The predicted octanol–water partition coefficient (Wildman–Crippen LogP) is 0.768. The van der Waals surface area contributed by atoms with Crippen molar-refractivity contribution in [2.45, 2.75) is 13.8 Å². The molecular weight excluding hydrogens is 132 g/mol. The summed E-state index contributed by atoms with van der Waals surface area (Å²) in [6, 6.07) is 0. The molecule has 0 aliphatic heterocycles. The topological polar surface area (TPSA) is 69.1 Å². The third-order valence-electron chi connectivity index (χ3n) is 1.24. The van der Waals surface area contributed by atoms with Gasteiger partial charge in [0.05, 0.1) is 0 Å². The first-order valence-electron chi connectivity index (χ1n) is 2.85. The zero-order valence-electron chi connectivity index (χ0n) is 5.84. The van der Waals surface area contributed by atoms with E-state index in [2.05, 4.69) is 9.68 Å². The van der Waals surface area contributed by atoms with Gasteiger partial charge in [0.25, 0.3) is 0 Å². The second-order valence-electron chi connectivity index (χ2n) is 2.06. The van der Waals surface area contributed by atoms with Crippen molar-refractivity contribution in [3.8, 4) is 0 Å². The van der Waals surface area contributed by atoms with E-state index < -0.39 is 0 Å². The second kappa shape index (κ2) is 2.13. The quantitative estimate of drug-likeness (QED) is 0.585. The van der Waals surface area contributed by atoms with Gasteiger partial charge in [-0.3, -0.25) is 4.79 Å². The molecule has 1 heterocycles. The summed E-state index contributed by atoms with van der Waals surface area (Å²) in [5, 5.41) is 3.47. The number of hydrogen-bond acceptors (Lipinski definition) is 4. The minimum atomic E-state index is -0.172. The van der Waals surface area contributed by atoms with Crippen molar-refractivity contribution >= 4 is 11.5 Å². The molecule has 0 spiro atoms. The summed E-state index contributed by atoms with van der Waals surface area (Å²) in [4.78, 5) is 10.7. The number of hydrogen-bond donors (Lipinski definition) is 1. The van der Waals surface area contributed by atoms with Crippen molar-refractivity contribution in [2.24, 2.45) is 0 Å². The average Bonchev–Trinajstić information content (AvgIpc) is 2.14. The minimum Gasteiger partial charge on any atom is -0.394 e. The van der Waals surface area contributed by atoms with Crippen LogP contribution in [-0.2, 0) is 0 Å². The Labute approximate surface area is 58.0 Å². The average molecular weight is 140 g/mol. The summed E-state index contributed by atoms with van der Waals surface area (Å²) in [6.45, 7) is 3.06. The van der Waals surface area contributed by atoms with Gasteiger partial charge < -0.3 is 10.3 Å². The fraction of sp³-hybridized carbons (Fsp3) is 0.333. The minimum absolute atomic E-state index is 0.172. The van der Waals surface area contributed by atoms with Crippen LogP contribution in [0.2, 0.25) is 0 Å². The van der Waals surface area contributed by atoms with Gasteiger partial charge in [-0.05, 0) is 6.92 Å². The van der Waals surface area contributed by atoms with Crippen molar-refractivity contribution in [3.63, 3.8) is 0 Å². The first-order valence-corrected chi connectivity index (χ1v) is 2.85. The smallest absolute Gasteiger partial charge is 0.183 e. The molecule has 4 nitrogen and oxygen atoms in total. The number of Topliss-reactive ketones (excluding diaryl/α,β-unsaturated/α-hetero) is 1. The lowest BCUT2D eigenvalue weighted by Gasteiger charge is -1.86. The number of ketones is 1.